The van der Waals surface area contributed by atoms with E-state index in [2.05, 4.69) is 10.3 Å². The first kappa shape index (κ1) is 16.0. The highest BCUT2D eigenvalue weighted by atomic mass is 35.5. The molecule has 0 aliphatic carbocycles. The summed E-state index contributed by atoms with van der Waals surface area (Å²) < 4.78 is 3.78. The molecule has 3 aromatic rings. The first-order valence-corrected chi connectivity index (χ1v) is 7.49. The van der Waals surface area contributed by atoms with Gasteiger partial charge in [0.2, 0.25) is 6.33 Å². The van der Waals surface area contributed by atoms with Gasteiger partial charge in [-0.15, -0.1) is 0 Å². The highest BCUT2D eigenvalue weighted by Gasteiger charge is 2.21. The number of aromatic amines is 1. The van der Waals surface area contributed by atoms with Gasteiger partial charge >= 0.3 is 11.2 Å². The molecule has 124 valence electrons. The summed E-state index contributed by atoms with van der Waals surface area (Å²) in [5.74, 6) is -0.343. The van der Waals surface area contributed by atoms with E-state index in [1.54, 1.807) is 31.3 Å². The van der Waals surface area contributed by atoms with Crippen LogP contribution in [0.4, 0.5) is 5.69 Å². The van der Waals surface area contributed by atoms with E-state index in [4.69, 9.17) is 11.6 Å². The molecule has 0 radical (unpaired) electrons. The van der Waals surface area contributed by atoms with Crippen molar-refractivity contribution in [3.05, 3.63) is 56.5 Å². The van der Waals surface area contributed by atoms with Gasteiger partial charge in [0.05, 0.1) is 10.7 Å². The topological polar surface area (TPSA) is 92.8 Å². The number of aromatic nitrogens is 4. The smallest absolute Gasteiger partial charge is 0.321 e. The Bertz CT molecular complexity index is 1060. The fourth-order valence-electron chi connectivity index (χ4n) is 2.49. The lowest BCUT2D eigenvalue weighted by molar-refractivity contribution is -0.658. The predicted molar refractivity (Wildman–Crippen MR) is 89.1 cm³/mol. The molecule has 1 aromatic carbocycles. The molecule has 2 aromatic heterocycles. The number of H-pyrrole nitrogens is 1. The second-order valence-electron chi connectivity index (χ2n) is 5.33. The summed E-state index contributed by atoms with van der Waals surface area (Å²) in [5, 5.41) is 3.11. The quantitative estimate of drug-likeness (QED) is 0.660. The Morgan fingerprint density at radius 3 is 2.67 bits per heavy atom. The Labute approximate surface area is 140 Å². The van der Waals surface area contributed by atoms with Crippen LogP contribution in [0.15, 0.2) is 40.2 Å². The zero-order chi connectivity index (χ0) is 17.4. The standard InChI is InChI=1S/C15H14ClN5O3/c1-19-13-12(14(23)20(2)15(19)24)21(8-17-13)7-11(22)18-10-6-4-3-5-9(10)16/h3-6,8H,7H2,1-2H3,(H,18,22)/p+1. The average Bonchev–Trinajstić information content (AvgIpc) is 2.96. The summed E-state index contributed by atoms with van der Waals surface area (Å²) >= 11 is 6.01. The molecular weight excluding hydrogens is 334 g/mol. The van der Waals surface area contributed by atoms with Gasteiger partial charge in [0.15, 0.2) is 6.54 Å². The number of carbonyl (C=O) groups is 1. The van der Waals surface area contributed by atoms with E-state index < -0.39 is 11.2 Å². The van der Waals surface area contributed by atoms with Crippen LogP contribution in [0, 0.1) is 0 Å². The number of hydrogen-bond donors (Lipinski definition) is 2. The van der Waals surface area contributed by atoms with Gasteiger partial charge in [0.25, 0.3) is 17.1 Å². The van der Waals surface area contributed by atoms with Crippen molar-refractivity contribution in [2.75, 3.05) is 5.32 Å². The van der Waals surface area contributed by atoms with Gasteiger partial charge in [-0.25, -0.2) is 14.3 Å². The van der Waals surface area contributed by atoms with E-state index in [1.807, 2.05) is 0 Å². The molecule has 0 saturated carbocycles. The fraction of sp³-hybridized carbons (Fsp3) is 0.200. The number of nitrogens with zero attached hydrogens (tertiary/aromatic N) is 3. The monoisotopic (exact) mass is 348 g/mol. The van der Waals surface area contributed by atoms with E-state index in [-0.39, 0.29) is 18.0 Å². The Morgan fingerprint density at radius 1 is 1.25 bits per heavy atom. The summed E-state index contributed by atoms with van der Waals surface area (Å²) in [7, 11) is 2.94. The predicted octanol–water partition coefficient (Wildman–Crippen LogP) is 0.145. The molecule has 0 aliphatic rings. The maximum atomic E-state index is 12.3. The minimum atomic E-state index is -0.472. The SMILES string of the molecule is Cn1c(=O)c2c([nH]c[n+]2CC(=O)Nc2ccccc2Cl)n(C)c1=O. The van der Waals surface area contributed by atoms with Crippen molar-refractivity contribution < 1.29 is 9.36 Å². The molecule has 3 rings (SSSR count). The van der Waals surface area contributed by atoms with Crippen LogP contribution in [0.25, 0.3) is 11.2 Å². The van der Waals surface area contributed by atoms with Crippen molar-refractivity contribution in [2.45, 2.75) is 6.54 Å². The number of para-hydroxylation sites is 1. The summed E-state index contributed by atoms with van der Waals surface area (Å²) in [6.45, 7) is -0.0985. The summed E-state index contributed by atoms with van der Waals surface area (Å²) in [6, 6.07) is 6.87. The van der Waals surface area contributed by atoms with Crippen molar-refractivity contribution >= 4 is 34.4 Å². The maximum Gasteiger partial charge on any atom is 0.333 e. The number of nitrogens with one attached hydrogen (secondary N) is 2. The maximum absolute atomic E-state index is 12.3. The van der Waals surface area contributed by atoms with Crippen molar-refractivity contribution in [2.24, 2.45) is 14.1 Å². The van der Waals surface area contributed by atoms with Gasteiger partial charge in [-0.3, -0.25) is 18.7 Å². The fourth-order valence-corrected chi connectivity index (χ4v) is 2.67. The lowest BCUT2D eigenvalue weighted by atomic mass is 10.3. The number of hydrogen-bond acceptors (Lipinski definition) is 3. The number of amides is 1. The summed E-state index contributed by atoms with van der Waals surface area (Å²) in [5.41, 5.74) is 0.175. The van der Waals surface area contributed by atoms with Crippen LogP contribution in [0.3, 0.4) is 0 Å². The average molecular weight is 349 g/mol. The van der Waals surface area contributed by atoms with E-state index >= 15 is 0 Å². The third-order valence-electron chi connectivity index (χ3n) is 3.75. The summed E-state index contributed by atoms with van der Waals surface area (Å²) in [6.07, 6.45) is 1.48. The molecule has 0 spiro atoms. The first-order chi connectivity index (χ1) is 11.4. The van der Waals surface area contributed by atoms with Crippen LogP contribution >= 0.6 is 11.6 Å². The molecule has 0 saturated heterocycles. The molecule has 9 heteroatoms. The molecule has 1 amide bonds. The highest BCUT2D eigenvalue weighted by molar-refractivity contribution is 6.33. The summed E-state index contributed by atoms with van der Waals surface area (Å²) in [4.78, 5) is 39.3. The van der Waals surface area contributed by atoms with Crippen LogP contribution in [0.5, 0.6) is 0 Å². The van der Waals surface area contributed by atoms with Gasteiger partial charge in [-0.1, -0.05) is 23.7 Å². The molecule has 0 fully saturated rings. The zero-order valence-electron chi connectivity index (χ0n) is 13.0. The third kappa shape index (κ3) is 2.61. The first-order valence-electron chi connectivity index (χ1n) is 7.11. The number of fused-ring (bicyclic) bond motifs is 1. The number of carbonyl (C=O) groups excluding carboxylic acids is 1. The second-order valence-corrected chi connectivity index (χ2v) is 5.74. The van der Waals surface area contributed by atoms with Crippen LogP contribution in [-0.4, -0.2) is 20.0 Å². The van der Waals surface area contributed by atoms with E-state index in [0.717, 1.165) is 4.57 Å². The number of anilines is 1. The van der Waals surface area contributed by atoms with Crippen LogP contribution in [-0.2, 0) is 25.4 Å². The minimum Gasteiger partial charge on any atom is -0.321 e. The largest absolute Gasteiger partial charge is 0.333 e. The minimum absolute atomic E-state index is 0.0985. The van der Waals surface area contributed by atoms with Crippen molar-refractivity contribution in [3.63, 3.8) is 0 Å². The van der Waals surface area contributed by atoms with Gasteiger partial charge in [0, 0.05) is 14.1 Å². The third-order valence-corrected chi connectivity index (χ3v) is 4.08. The molecular formula is C15H15ClN5O3+. The van der Waals surface area contributed by atoms with Gasteiger partial charge in [-0.2, -0.15) is 0 Å². The number of imidazole rings is 1. The van der Waals surface area contributed by atoms with Gasteiger partial charge < -0.3 is 5.32 Å². The molecule has 8 nitrogen and oxygen atoms in total. The zero-order valence-corrected chi connectivity index (χ0v) is 13.8. The Morgan fingerprint density at radius 2 is 1.96 bits per heavy atom. The van der Waals surface area contributed by atoms with Crippen LogP contribution in [0.1, 0.15) is 0 Å². The number of halogens is 1. The molecule has 0 bridgehead atoms. The second kappa shape index (κ2) is 5.97. The Kier molecular flexibility index (Phi) is 3.98. The molecule has 0 atom stereocenters. The Balaban J connectivity index is 1.97. The molecule has 2 N–H and O–H groups in total. The van der Waals surface area contributed by atoms with Gasteiger partial charge in [0.1, 0.15) is 0 Å². The normalized spacial score (nSPS) is 11.0. The number of aryl methyl sites for hydroxylation is 1. The molecule has 0 unspecified atom stereocenters. The number of rotatable bonds is 3. The molecule has 24 heavy (non-hydrogen) atoms. The Hall–Kier alpha value is -2.87. The van der Waals surface area contributed by atoms with Crippen molar-refractivity contribution in [1.29, 1.82) is 0 Å². The van der Waals surface area contributed by atoms with Gasteiger partial charge in [-0.05, 0) is 12.1 Å². The highest BCUT2D eigenvalue weighted by Crippen LogP contribution is 2.20. The lowest BCUT2D eigenvalue weighted by Gasteiger charge is -2.06. The van der Waals surface area contributed by atoms with Crippen molar-refractivity contribution in [1.82, 2.24) is 14.1 Å². The van der Waals surface area contributed by atoms with E-state index in [0.29, 0.717) is 16.4 Å². The van der Waals surface area contributed by atoms with Crippen molar-refractivity contribution in [3.8, 4) is 0 Å². The lowest BCUT2D eigenvalue weighted by Crippen LogP contribution is -2.46. The van der Waals surface area contributed by atoms with Crippen LogP contribution < -0.4 is 21.1 Å². The number of benzene rings is 1. The van der Waals surface area contributed by atoms with E-state index in [1.165, 1.54) is 22.5 Å². The molecule has 2 heterocycles. The van der Waals surface area contributed by atoms with Crippen LogP contribution in [0.2, 0.25) is 5.02 Å². The molecule has 0 aliphatic heterocycles. The van der Waals surface area contributed by atoms with E-state index in [9.17, 15) is 14.4 Å².